The van der Waals surface area contributed by atoms with Gasteiger partial charge in [-0.05, 0) is 106 Å². The lowest BCUT2D eigenvalue weighted by atomic mass is 9.34. The summed E-state index contributed by atoms with van der Waals surface area (Å²) in [6.07, 6.45) is 11.2. The largest absolute Gasteiger partial charge is 0.242 e. The maximum atomic E-state index is 2.47. The second-order valence-electron chi connectivity index (χ2n) is 14.8. The van der Waals surface area contributed by atoms with E-state index in [1.807, 2.05) is 0 Å². The number of fused-ring (bicyclic) bond motifs is 2. The van der Waals surface area contributed by atoms with Crippen molar-refractivity contribution in [3.8, 4) is 22.3 Å². The molecule has 1 heterocycles. The molecule has 3 aliphatic rings. The molecule has 1 saturated carbocycles. The fraction of sp³-hybridized carbons (Fsp3) is 0.261. The van der Waals surface area contributed by atoms with Crippen LogP contribution in [0.5, 0.6) is 0 Å². The van der Waals surface area contributed by atoms with Crippen LogP contribution in [0, 0.1) is 53.4 Å². The van der Waals surface area contributed by atoms with Gasteiger partial charge >= 0.3 is 0 Å². The third-order valence-corrected chi connectivity index (χ3v) is 12.7. The number of allylic oxidation sites excluding steroid dienone is 4. The van der Waals surface area contributed by atoms with Gasteiger partial charge in [0.15, 0.2) is 0 Å². The average Bonchev–Trinajstić information content (AvgIpc) is 3.07. The Bertz CT molecular complexity index is 2010. The molecule has 0 saturated heterocycles. The SMILES string of the molecule is Cc1cc(C)c(B(c2ccc(-c3cccc(-c4ccc5c(c4)SC4CCCC6C=CC=C5C64)c3)cc2)c2c(C)cc(C)cc2C)c(C)c1. The lowest BCUT2D eigenvalue weighted by molar-refractivity contribution is 0.352. The fourth-order valence-electron chi connectivity index (χ4n) is 9.37. The number of aryl methyl sites for hydroxylation is 6. The van der Waals surface area contributed by atoms with Gasteiger partial charge in [0.1, 0.15) is 0 Å². The molecule has 0 spiro atoms. The molecule has 0 nitrogen and oxygen atoms in total. The Morgan fingerprint density at radius 3 is 1.83 bits per heavy atom. The van der Waals surface area contributed by atoms with Crippen LogP contribution in [0.15, 0.2) is 114 Å². The van der Waals surface area contributed by atoms with Gasteiger partial charge in [-0.2, -0.15) is 0 Å². The van der Waals surface area contributed by atoms with E-state index in [1.54, 1.807) is 5.57 Å². The Morgan fingerprint density at radius 2 is 1.19 bits per heavy atom. The van der Waals surface area contributed by atoms with Gasteiger partial charge in [-0.25, -0.2) is 0 Å². The second kappa shape index (κ2) is 12.5. The molecule has 8 rings (SSSR count). The van der Waals surface area contributed by atoms with Crippen LogP contribution in [0.1, 0.15) is 58.2 Å². The van der Waals surface area contributed by atoms with Gasteiger partial charge in [-0.3, -0.25) is 0 Å². The summed E-state index contributed by atoms with van der Waals surface area (Å²) in [7, 11) is 0. The van der Waals surface area contributed by atoms with Crippen molar-refractivity contribution in [1.82, 2.24) is 0 Å². The number of thioether (sulfide) groups is 1. The first-order valence-corrected chi connectivity index (χ1v) is 18.7. The summed E-state index contributed by atoms with van der Waals surface area (Å²) < 4.78 is 0. The quantitative estimate of drug-likeness (QED) is 0.172. The maximum absolute atomic E-state index is 2.47. The molecule has 0 aromatic heterocycles. The van der Waals surface area contributed by atoms with Crippen molar-refractivity contribution in [2.45, 2.75) is 71.0 Å². The first-order valence-electron chi connectivity index (χ1n) is 17.8. The monoisotopic (exact) mass is 640 g/mol. The van der Waals surface area contributed by atoms with Crippen LogP contribution in [0.2, 0.25) is 0 Å². The van der Waals surface area contributed by atoms with Crippen LogP contribution in [0.3, 0.4) is 0 Å². The second-order valence-corrected chi connectivity index (χ2v) is 16.0. The van der Waals surface area contributed by atoms with E-state index in [2.05, 4.69) is 163 Å². The molecule has 2 heteroatoms. The smallest absolute Gasteiger partial charge is 0.121 e. The molecule has 0 radical (unpaired) electrons. The topological polar surface area (TPSA) is 0 Å². The minimum atomic E-state index is 0.188. The van der Waals surface area contributed by atoms with Gasteiger partial charge in [-0.1, -0.05) is 153 Å². The number of hydrogen-bond donors (Lipinski definition) is 0. The molecule has 238 valence electrons. The van der Waals surface area contributed by atoms with Gasteiger partial charge in [-0.15, -0.1) is 11.8 Å². The highest BCUT2D eigenvalue weighted by molar-refractivity contribution is 8.00. The van der Waals surface area contributed by atoms with E-state index >= 15 is 0 Å². The highest BCUT2D eigenvalue weighted by Gasteiger charge is 2.40. The normalized spacial score (nSPS) is 19.4. The maximum Gasteiger partial charge on any atom is 0.242 e. The minimum Gasteiger partial charge on any atom is -0.121 e. The van der Waals surface area contributed by atoms with E-state index < -0.39 is 0 Å². The summed E-state index contributed by atoms with van der Waals surface area (Å²) in [4.78, 5) is 1.46. The summed E-state index contributed by atoms with van der Waals surface area (Å²) in [5, 5.41) is 0.705. The average molecular weight is 641 g/mol. The van der Waals surface area contributed by atoms with Gasteiger partial charge in [0.25, 0.3) is 0 Å². The molecular formula is C46H45BS. The van der Waals surface area contributed by atoms with Crippen molar-refractivity contribution in [2.75, 3.05) is 0 Å². The molecule has 0 amide bonds. The molecule has 2 aliphatic carbocycles. The number of benzene rings is 5. The fourth-order valence-corrected chi connectivity index (χ4v) is 11.0. The summed E-state index contributed by atoms with van der Waals surface area (Å²) in [6, 6.07) is 35.2. The van der Waals surface area contributed by atoms with Gasteiger partial charge in [0.2, 0.25) is 6.71 Å². The van der Waals surface area contributed by atoms with Crippen molar-refractivity contribution in [1.29, 1.82) is 0 Å². The number of rotatable bonds is 5. The van der Waals surface area contributed by atoms with Crippen LogP contribution in [0.4, 0.5) is 0 Å². The van der Waals surface area contributed by atoms with Crippen LogP contribution in [0.25, 0.3) is 27.8 Å². The molecule has 5 aromatic carbocycles. The molecule has 48 heavy (non-hydrogen) atoms. The summed E-state index contributed by atoms with van der Waals surface area (Å²) in [5.41, 5.74) is 20.5. The van der Waals surface area contributed by atoms with E-state index in [-0.39, 0.29) is 6.71 Å². The molecular weight excluding hydrogens is 595 g/mol. The Morgan fingerprint density at radius 1 is 0.604 bits per heavy atom. The first-order chi connectivity index (χ1) is 23.2. The third kappa shape index (κ3) is 5.53. The van der Waals surface area contributed by atoms with Crippen LogP contribution >= 0.6 is 11.8 Å². The van der Waals surface area contributed by atoms with Gasteiger partial charge in [0.05, 0.1) is 0 Å². The molecule has 0 bridgehead atoms. The van der Waals surface area contributed by atoms with Gasteiger partial charge < -0.3 is 0 Å². The van der Waals surface area contributed by atoms with Crippen molar-refractivity contribution >= 4 is 40.4 Å². The summed E-state index contributed by atoms with van der Waals surface area (Å²) in [5.74, 6) is 1.41. The summed E-state index contributed by atoms with van der Waals surface area (Å²) in [6.45, 7) is 13.7. The Kier molecular flexibility index (Phi) is 8.12. The highest BCUT2D eigenvalue weighted by Crippen LogP contribution is 2.54. The van der Waals surface area contributed by atoms with Crippen molar-refractivity contribution in [3.05, 3.63) is 148 Å². The minimum absolute atomic E-state index is 0.188. The molecule has 3 atom stereocenters. The molecule has 1 fully saturated rings. The van der Waals surface area contributed by atoms with E-state index in [4.69, 9.17) is 0 Å². The van der Waals surface area contributed by atoms with Crippen LogP contribution < -0.4 is 16.4 Å². The first kappa shape index (κ1) is 31.3. The third-order valence-electron chi connectivity index (χ3n) is 11.3. The van der Waals surface area contributed by atoms with E-state index in [0.717, 1.165) is 5.92 Å². The van der Waals surface area contributed by atoms with Crippen molar-refractivity contribution < 1.29 is 0 Å². The van der Waals surface area contributed by atoms with Crippen molar-refractivity contribution in [3.63, 3.8) is 0 Å². The molecule has 0 N–H and O–H groups in total. The standard InChI is InChI=1S/C46H45BS/c1-28-22-30(3)45(31(4)23-28)47(46-32(5)24-29(2)25-33(46)6)39-19-16-34(17-20-39)36-12-7-13-37(26-36)38-18-21-40-41-14-8-10-35-11-9-15-42(44(35)41)48-43(40)27-38/h7-8,10,12-14,16-27,35,42,44H,9,11,15H2,1-6H3. The van der Waals surface area contributed by atoms with Crippen LogP contribution in [-0.4, -0.2) is 12.0 Å². The number of hydrogen-bond acceptors (Lipinski definition) is 1. The lowest BCUT2D eigenvalue weighted by Crippen LogP contribution is -2.55. The Hall–Kier alpha value is -4.01. The Labute approximate surface area is 292 Å². The predicted octanol–water partition coefficient (Wildman–Crippen LogP) is 10.2. The van der Waals surface area contributed by atoms with Crippen molar-refractivity contribution in [2.24, 2.45) is 11.8 Å². The zero-order valence-electron chi connectivity index (χ0n) is 29.2. The van der Waals surface area contributed by atoms with Crippen LogP contribution in [-0.2, 0) is 0 Å². The van der Waals surface area contributed by atoms with E-state index in [1.165, 1.54) is 102 Å². The zero-order valence-corrected chi connectivity index (χ0v) is 30.0. The zero-order chi connectivity index (χ0) is 33.1. The predicted molar refractivity (Wildman–Crippen MR) is 211 cm³/mol. The highest BCUT2D eigenvalue weighted by atomic mass is 32.2. The van der Waals surface area contributed by atoms with E-state index in [0.29, 0.717) is 11.2 Å². The Balaban J connectivity index is 1.14. The summed E-state index contributed by atoms with van der Waals surface area (Å²) >= 11 is 2.14. The lowest BCUT2D eigenvalue weighted by Gasteiger charge is -2.43. The molecule has 5 aromatic rings. The molecule has 3 unspecified atom stereocenters. The van der Waals surface area contributed by atoms with E-state index in [9.17, 15) is 0 Å². The molecule has 1 aliphatic heterocycles. The van der Waals surface area contributed by atoms with Gasteiger partial charge in [0, 0.05) is 16.1 Å².